The third kappa shape index (κ3) is 11.7. The standard InChI is InChI=1S/C11H24S4/c1-8(12)4-5-15-11(6-9(2)13)7-10(3)14/h8-14H,4-7H2,1-3H3. The van der Waals surface area contributed by atoms with E-state index in [1.807, 2.05) is 0 Å². The molecule has 0 aliphatic carbocycles. The minimum absolute atomic E-state index is 0.489. The highest BCUT2D eigenvalue weighted by Crippen LogP contribution is 2.26. The zero-order chi connectivity index (χ0) is 11.8. The molecule has 0 aliphatic heterocycles. The first-order chi connectivity index (χ1) is 6.91. The van der Waals surface area contributed by atoms with Crippen LogP contribution < -0.4 is 0 Å². The van der Waals surface area contributed by atoms with E-state index in [2.05, 4.69) is 70.4 Å². The third-order valence-corrected chi connectivity index (χ3v) is 4.10. The van der Waals surface area contributed by atoms with Crippen LogP contribution >= 0.6 is 49.6 Å². The molecule has 0 N–H and O–H groups in total. The molecule has 0 fully saturated rings. The molecule has 3 unspecified atom stereocenters. The molecule has 4 heteroatoms. The highest BCUT2D eigenvalue weighted by atomic mass is 32.2. The van der Waals surface area contributed by atoms with Gasteiger partial charge in [0.05, 0.1) is 0 Å². The number of thioether (sulfide) groups is 1. The predicted molar refractivity (Wildman–Crippen MR) is 85.4 cm³/mol. The van der Waals surface area contributed by atoms with Gasteiger partial charge in [0.25, 0.3) is 0 Å². The van der Waals surface area contributed by atoms with Gasteiger partial charge in [-0.25, -0.2) is 0 Å². The Balaban J connectivity index is 3.79. The van der Waals surface area contributed by atoms with Crippen molar-refractivity contribution in [2.45, 2.75) is 61.0 Å². The molecule has 0 spiro atoms. The van der Waals surface area contributed by atoms with Crippen molar-refractivity contribution in [3.8, 4) is 0 Å². The first kappa shape index (κ1) is 16.4. The van der Waals surface area contributed by atoms with E-state index in [9.17, 15) is 0 Å². The smallest absolute Gasteiger partial charge is 0.00677 e. The van der Waals surface area contributed by atoms with Gasteiger partial charge < -0.3 is 0 Å². The lowest BCUT2D eigenvalue weighted by Gasteiger charge is -2.20. The van der Waals surface area contributed by atoms with Crippen LogP contribution in [0.2, 0.25) is 0 Å². The summed E-state index contributed by atoms with van der Waals surface area (Å²) in [7, 11) is 0. The predicted octanol–water partition coefficient (Wildman–Crippen LogP) is 4.21. The van der Waals surface area contributed by atoms with Crippen LogP contribution in [0.4, 0.5) is 0 Å². The Morgan fingerprint density at radius 3 is 1.67 bits per heavy atom. The molecular weight excluding hydrogens is 260 g/mol. The molecule has 0 amide bonds. The number of hydrogen-bond acceptors (Lipinski definition) is 4. The minimum Gasteiger partial charge on any atom is -0.176 e. The summed E-state index contributed by atoms with van der Waals surface area (Å²) < 4.78 is 0. The molecular formula is C11H24S4. The van der Waals surface area contributed by atoms with Gasteiger partial charge in [0.1, 0.15) is 0 Å². The summed E-state index contributed by atoms with van der Waals surface area (Å²) in [6, 6.07) is 0. The Morgan fingerprint density at radius 2 is 1.33 bits per heavy atom. The van der Waals surface area contributed by atoms with Gasteiger partial charge >= 0.3 is 0 Å². The van der Waals surface area contributed by atoms with Crippen molar-refractivity contribution in [3.05, 3.63) is 0 Å². The van der Waals surface area contributed by atoms with Crippen molar-refractivity contribution in [1.29, 1.82) is 0 Å². The lowest BCUT2D eigenvalue weighted by atomic mass is 10.1. The van der Waals surface area contributed by atoms with E-state index in [1.165, 1.54) is 25.0 Å². The molecule has 3 atom stereocenters. The fraction of sp³-hybridized carbons (Fsp3) is 1.00. The van der Waals surface area contributed by atoms with Crippen molar-refractivity contribution in [2.24, 2.45) is 0 Å². The Labute approximate surface area is 116 Å². The second kappa shape index (κ2) is 9.43. The Hall–Kier alpha value is 1.40. The zero-order valence-electron chi connectivity index (χ0n) is 9.89. The van der Waals surface area contributed by atoms with E-state index in [1.54, 1.807) is 0 Å². The van der Waals surface area contributed by atoms with E-state index in [4.69, 9.17) is 0 Å². The van der Waals surface area contributed by atoms with Crippen LogP contribution in [0.15, 0.2) is 0 Å². The van der Waals surface area contributed by atoms with Gasteiger partial charge in [-0.1, -0.05) is 20.8 Å². The maximum absolute atomic E-state index is 4.47. The van der Waals surface area contributed by atoms with Crippen LogP contribution in [0.1, 0.15) is 40.0 Å². The fourth-order valence-electron chi connectivity index (χ4n) is 1.40. The summed E-state index contributed by atoms with van der Waals surface area (Å²) in [5, 5.41) is 2.20. The summed E-state index contributed by atoms with van der Waals surface area (Å²) in [6.45, 7) is 6.49. The van der Waals surface area contributed by atoms with Crippen LogP contribution in [0, 0.1) is 0 Å². The molecule has 0 rings (SSSR count). The Kier molecular flexibility index (Phi) is 10.3. The largest absolute Gasteiger partial charge is 0.176 e. The fourth-order valence-corrected chi connectivity index (χ4v) is 4.17. The highest BCUT2D eigenvalue weighted by Gasteiger charge is 2.14. The van der Waals surface area contributed by atoms with Gasteiger partial charge in [-0.15, -0.1) is 0 Å². The molecule has 0 radical (unpaired) electrons. The van der Waals surface area contributed by atoms with Crippen LogP contribution in [0.5, 0.6) is 0 Å². The molecule has 0 aromatic heterocycles. The monoisotopic (exact) mass is 284 g/mol. The average molecular weight is 285 g/mol. The van der Waals surface area contributed by atoms with E-state index < -0.39 is 0 Å². The quantitative estimate of drug-likeness (QED) is 0.561. The summed E-state index contributed by atoms with van der Waals surface area (Å²) in [5.74, 6) is 1.20. The van der Waals surface area contributed by atoms with Crippen molar-refractivity contribution in [1.82, 2.24) is 0 Å². The second-order valence-electron chi connectivity index (χ2n) is 4.30. The number of thiol groups is 3. The molecule has 0 saturated heterocycles. The molecule has 0 nitrogen and oxygen atoms in total. The van der Waals surface area contributed by atoms with Crippen molar-refractivity contribution < 1.29 is 0 Å². The Morgan fingerprint density at radius 1 is 0.867 bits per heavy atom. The molecule has 0 aromatic carbocycles. The topological polar surface area (TPSA) is 0 Å². The second-order valence-corrected chi connectivity index (χ2v) is 8.35. The van der Waals surface area contributed by atoms with Crippen molar-refractivity contribution in [3.63, 3.8) is 0 Å². The molecule has 0 bridgehead atoms. The zero-order valence-corrected chi connectivity index (χ0v) is 13.4. The average Bonchev–Trinajstić information content (AvgIpc) is 2.00. The van der Waals surface area contributed by atoms with Gasteiger partial charge in [0.15, 0.2) is 0 Å². The molecule has 0 saturated carbocycles. The SMILES string of the molecule is CC(S)CCSC(CC(C)S)CC(C)S. The van der Waals surface area contributed by atoms with E-state index in [-0.39, 0.29) is 0 Å². The molecule has 0 aromatic rings. The van der Waals surface area contributed by atoms with Gasteiger partial charge in [-0.05, 0) is 40.8 Å². The van der Waals surface area contributed by atoms with E-state index in [0.29, 0.717) is 21.0 Å². The molecule has 92 valence electrons. The van der Waals surface area contributed by atoms with Gasteiger partial charge in [-0.2, -0.15) is 49.6 Å². The molecule has 15 heavy (non-hydrogen) atoms. The maximum atomic E-state index is 4.47. The van der Waals surface area contributed by atoms with Crippen LogP contribution in [0.25, 0.3) is 0 Å². The van der Waals surface area contributed by atoms with Gasteiger partial charge in [0.2, 0.25) is 0 Å². The molecule has 0 heterocycles. The van der Waals surface area contributed by atoms with Crippen molar-refractivity contribution >= 4 is 49.6 Å². The highest BCUT2D eigenvalue weighted by molar-refractivity contribution is 8.00. The van der Waals surface area contributed by atoms with Gasteiger partial charge in [0, 0.05) is 5.25 Å². The van der Waals surface area contributed by atoms with Crippen molar-refractivity contribution in [2.75, 3.05) is 5.75 Å². The van der Waals surface area contributed by atoms with Crippen LogP contribution in [-0.4, -0.2) is 26.8 Å². The first-order valence-electron chi connectivity index (χ1n) is 5.57. The lowest BCUT2D eigenvalue weighted by molar-refractivity contribution is 0.692. The van der Waals surface area contributed by atoms with Crippen LogP contribution in [0.3, 0.4) is 0 Å². The van der Waals surface area contributed by atoms with Crippen LogP contribution in [-0.2, 0) is 0 Å². The van der Waals surface area contributed by atoms with E-state index in [0.717, 1.165) is 0 Å². The molecule has 0 aliphatic rings. The lowest BCUT2D eigenvalue weighted by Crippen LogP contribution is -2.14. The summed E-state index contributed by atoms with van der Waals surface area (Å²) in [5.41, 5.74) is 0. The Bertz CT molecular complexity index is 136. The summed E-state index contributed by atoms with van der Waals surface area (Å²) in [6.07, 6.45) is 3.55. The normalized spacial score (nSPS) is 19.6. The minimum atomic E-state index is 0.489. The third-order valence-electron chi connectivity index (χ3n) is 2.10. The summed E-state index contributed by atoms with van der Waals surface area (Å²) in [4.78, 5) is 0. The first-order valence-corrected chi connectivity index (χ1v) is 8.17. The maximum Gasteiger partial charge on any atom is 0.00677 e. The number of hydrogen-bond donors (Lipinski definition) is 3. The van der Waals surface area contributed by atoms with E-state index >= 15 is 0 Å². The number of rotatable bonds is 8. The summed E-state index contributed by atoms with van der Waals surface area (Å²) >= 11 is 15.4. The van der Waals surface area contributed by atoms with Gasteiger partial charge in [-0.3, -0.25) is 0 Å².